The highest BCUT2D eigenvalue weighted by molar-refractivity contribution is 5.97. The summed E-state index contributed by atoms with van der Waals surface area (Å²) in [5.74, 6) is 0.0300. The van der Waals surface area contributed by atoms with E-state index in [1.165, 1.54) is 5.56 Å². The fraction of sp³-hybridized carbons (Fsp3) is 0.176. The van der Waals surface area contributed by atoms with Gasteiger partial charge in [0.2, 0.25) is 0 Å². The molecule has 0 saturated heterocycles. The average Bonchev–Trinajstić information content (AvgIpc) is 3.00. The number of fused-ring (bicyclic) bond motifs is 1. The minimum Gasteiger partial charge on any atom is -0.341 e. The molecule has 3 aromatic rings. The van der Waals surface area contributed by atoms with E-state index in [4.69, 9.17) is 0 Å². The van der Waals surface area contributed by atoms with Crippen LogP contribution in [0.4, 0.5) is 0 Å². The Hall–Kier alpha value is -2.62. The van der Waals surface area contributed by atoms with E-state index in [0.29, 0.717) is 12.1 Å². The van der Waals surface area contributed by atoms with E-state index in [1.807, 2.05) is 43.4 Å². The molecule has 0 spiro atoms. The number of benzene rings is 2. The lowest BCUT2D eigenvalue weighted by Gasteiger charge is -2.17. The van der Waals surface area contributed by atoms with E-state index in [0.717, 1.165) is 17.3 Å². The number of hydrogen-bond donors (Lipinski definition) is 1. The van der Waals surface area contributed by atoms with E-state index in [9.17, 15) is 4.79 Å². The maximum absolute atomic E-state index is 12.4. The molecule has 0 aliphatic rings. The molecule has 21 heavy (non-hydrogen) atoms. The number of nitrogens with one attached hydrogen (secondary N) is 1. The fourth-order valence-corrected chi connectivity index (χ4v) is 2.33. The number of hydrogen-bond acceptors (Lipinski definition) is 2. The molecule has 0 aliphatic carbocycles. The van der Waals surface area contributed by atoms with Crippen molar-refractivity contribution in [3.63, 3.8) is 0 Å². The quantitative estimate of drug-likeness (QED) is 0.798. The Morgan fingerprint density at radius 1 is 1.19 bits per heavy atom. The first-order valence-corrected chi connectivity index (χ1v) is 6.96. The Bertz CT molecular complexity index is 749. The third kappa shape index (κ3) is 2.94. The molecule has 4 heteroatoms. The van der Waals surface area contributed by atoms with Gasteiger partial charge in [0, 0.05) is 24.5 Å². The lowest BCUT2D eigenvalue weighted by molar-refractivity contribution is 0.0797. The van der Waals surface area contributed by atoms with Gasteiger partial charge >= 0.3 is 0 Å². The molecule has 1 heterocycles. The van der Waals surface area contributed by atoms with Crippen molar-refractivity contribution in [3.8, 4) is 0 Å². The number of H-pyrrole nitrogens is 1. The first-order valence-electron chi connectivity index (χ1n) is 6.96. The molecule has 4 nitrogen and oxygen atoms in total. The second kappa shape index (κ2) is 5.79. The van der Waals surface area contributed by atoms with Crippen molar-refractivity contribution in [1.82, 2.24) is 15.1 Å². The molecule has 1 amide bonds. The van der Waals surface area contributed by atoms with E-state index in [2.05, 4.69) is 22.3 Å². The van der Waals surface area contributed by atoms with E-state index in [1.54, 1.807) is 11.1 Å². The van der Waals surface area contributed by atoms with Crippen LogP contribution in [-0.2, 0) is 6.42 Å². The Morgan fingerprint density at radius 2 is 2.00 bits per heavy atom. The van der Waals surface area contributed by atoms with Crippen LogP contribution in [0.15, 0.2) is 54.7 Å². The van der Waals surface area contributed by atoms with Crippen LogP contribution in [-0.4, -0.2) is 34.6 Å². The number of carbonyl (C=O) groups is 1. The zero-order valence-electron chi connectivity index (χ0n) is 11.9. The Kier molecular flexibility index (Phi) is 3.69. The maximum atomic E-state index is 12.4. The van der Waals surface area contributed by atoms with Crippen molar-refractivity contribution in [2.45, 2.75) is 6.42 Å². The van der Waals surface area contributed by atoms with Gasteiger partial charge < -0.3 is 4.90 Å². The summed E-state index contributed by atoms with van der Waals surface area (Å²) in [4.78, 5) is 14.2. The summed E-state index contributed by atoms with van der Waals surface area (Å²) in [6.07, 6.45) is 2.61. The van der Waals surface area contributed by atoms with Crippen LogP contribution in [0, 0.1) is 0 Å². The van der Waals surface area contributed by atoms with Crippen LogP contribution in [0.5, 0.6) is 0 Å². The van der Waals surface area contributed by atoms with Gasteiger partial charge in [-0.05, 0) is 24.1 Å². The largest absolute Gasteiger partial charge is 0.341 e. The number of aromatic amines is 1. The van der Waals surface area contributed by atoms with Crippen molar-refractivity contribution in [1.29, 1.82) is 0 Å². The number of likely N-dealkylation sites (N-methyl/N-ethyl adjacent to an activating group) is 1. The number of nitrogens with zero attached hydrogens (tertiary/aromatic N) is 2. The van der Waals surface area contributed by atoms with E-state index < -0.39 is 0 Å². The molecule has 0 aliphatic heterocycles. The first kappa shape index (κ1) is 13.4. The molecule has 2 aromatic carbocycles. The summed E-state index contributed by atoms with van der Waals surface area (Å²) < 4.78 is 0. The Morgan fingerprint density at radius 3 is 2.81 bits per heavy atom. The second-order valence-corrected chi connectivity index (χ2v) is 5.13. The van der Waals surface area contributed by atoms with Gasteiger partial charge in [0.25, 0.3) is 5.91 Å². The normalized spacial score (nSPS) is 10.7. The van der Waals surface area contributed by atoms with Crippen LogP contribution in [0.2, 0.25) is 0 Å². The minimum atomic E-state index is 0.0300. The van der Waals surface area contributed by atoms with Crippen molar-refractivity contribution in [2.75, 3.05) is 13.6 Å². The molecule has 1 N–H and O–H groups in total. The summed E-state index contributed by atoms with van der Waals surface area (Å²) in [5.41, 5.74) is 2.81. The van der Waals surface area contributed by atoms with E-state index in [-0.39, 0.29) is 5.91 Å². The molecule has 1 aromatic heterocycles. The van der Waals surface area contributed by atoms with Gasteiger partial charge in [0.15, 0.2) is 0 Å². The highest BCUT2D eigenvalue weighted by Gasteiger charge is 2.12. The predicted octanol–water partition coefficient (Wildman–Crippen LogP) is 2.88. The molecule has 0 bridgehead atoms. The molecule has 0 radical (unpaired) electrons. The zero-order valence-corrected chi connectivity index (χ0v) is 11.9. The van der Waals surface area contributed by atoms with Crippen molar-refractivity contribution in [2.24, 2.45) is 0 Å². The average molecular weight is 279 g/mol. The highest BCUT2D eigenvalue weighted by atomic mass is 16.2. The summed E-state index contributed by atoms with van der Waals surface area (Å²) in [5, 5.41) is 7.88. The zero-order chi connectivity index (χ0) is 14.7. The van der Waals surface area contributed by atoms with Gasteiger partial charge in [-0.25, -0.2) is 0 Å². The number of aromatic nitrogens is 2. The van der Waals surface area contributed by atoms with Crippen molar-refractivity contribution in [3.05, 3.63) is 65.9 Å². The van der Waals surface area contributed by atoms with Crippen LogP contribution < -0.4 is 0 Å². The maximum Gasteiger partial charge on any atom is 0.253 e. The van der Waals surface area contributed by atoms with Crippen molar-refractivity contribution >= 4 is 16.8 Å². The van der Waals surface area contributed by atoms with Crippen LogP contribution >= 0.6 is 0 Å². The molecule has 106 valence electrons. The number of amides is 1. The molecule has 0 unspecified atom stereocenters. The number of rotatable bonds is 4. The molecule has 0 fully saturated rings. The predicted molar refractivity (Wildman–Crippen MR) is 83.2 cm³/mol. The minimum absolute atomic E-state index is 0.0300. The van der Waals surface area contributed by atoms with Gasteiger partial charge in [-0.15, -0.1) is 0 Å². The lowest BCUT2D eigenvalue weighted by atomic mass is 10.1. The van der Waals surface area contributed by atoms with Gasteiger partial charge in [-0.2, -0.15) is 5.10 Å². The molecular formula is C17H17N3O. The van der Waals surface area contributed by atoms with Crippen LogP contribution in [0.25, 0.3) is 10.9 Å². The first-order chi connectivity index (χ1) is 10.2. The Balaban J connectivity index is 1.69. The fourth-order valence-electron chi connectivity index (χ4n) is 2.33. The molecular weight excluding hydrogens is 262 g/mol. The Labute approximate surface area is 123 Å². The van der Waals surface area contributed by atoms with Gasteiger partial charge in [0.05, 0.1) is 11.7 Å². The van der Waals surface area contributed by atoms with Crippen LogP contribution in [0.1, 0.15) is 15.9 Å². The van der Waals surface area contributed by atoms with Crippen molar-refractivity contribution < 1.29 is 4.79 Å². The smallest absolute Gasteiger partial charge is 0.253 e. The topological polar surface area (TPSA) is 49.0 Å². The number of carbonyl (C=O) groups excluding carboxylic acids is 1. The SMILES string of the molecule is CN(CCc1ccccc1)C(=O)c1ccc2cn[nH]c2c1. The van der Waals surface area contributed by atoms with Gasteiger partial charge in [0.1, 0.15) is 0 Å². The summed E-state index contributed by atoms with van der Waals surface area (Å²) >= 11 is 0. The van der Waals surface area contributed by atoms with Gasteiger partial charge in [-0.1, -0.05) is 36.4 Å². The summed E-state index contributed by atoms with van der Waals surface area (Å²) in [7, 11) is 1.84. The third-order valence-electron chi connectivity index (χ3n) is 3.61. The highest BCUT2D eigenvalue weighted by Crippen LogP contribution is 2.14. The molecule has 0 atom stereocenters. The summed E-state index contributed by atoms with van der Waals surface area (Å²) in [6, 6.07) is 15.8. The van der Waals surface area contributed by atoms with Gasteiger partial charge in [-0.3, -0.25) is 9.89 Å². The third-order valence-corrected chi connectivity index (χ3v) is 3.61. The second-order valence-electron chi connectivity index (χ2n) is 5.13. The van der Waals surface area contributed by atoms with E-state index >= 15 is 0 Å². The summed E-state index contributed by atoms with van der Waals surface area (Å²) in [6.45, 7) is 0.698. The van der Waals surface area contributed by atoms with Crippen LogP contribution in [0.3, 0.4) is 0 Å². The monoisotopic (exact) mass is 279 g/mol. The molecule has 0 saturated carbocycles. The standard InChI is InChI=1S/C17H17N3O/c1-20(10-9-13-5-3-2-4-6-13)17(21)14-7-8-15-12-18-19-16(15)11-14/h2-8,11-12H,9-10H2,1H3,(H,18,19). The lowest BCUT2D eigenvalue weighted by Crippen LogP contribution is -2.28. The molecule has 3 rings (SSSR count).